The number of nitro groups is 1. The average molecular weight is 296 g/mol. The van der Waals surface area contributed by atoms with Gasteiger partial charge in [-0.1, -0.05) is 12.1 Å². The molecule has 0 aromatic heterocycles. The van der Waals surface area contributed by atoms with Crippen LogP contribution in [-0.2, 0) is 19.1 Å². The van der Waals surface area contributed by atoms with Crippen molar-refractivity contribution in [1.29, 1.82) is 0 Å². The summed E-state index contributed by atoms with van der Waals surface area (Å²) in [5.41, 5.74) is -0.0299. The van der Waals surface area contributed by atoms with Crippen LogP contribution in [0.1, 0.15) is 18.6 Å². The van der Waals surface area contributed by atoms with Gasteiger partial charge in [0.1, 0.15) is 6.10 Å². The average Bonchev–Trinajstić information content (AvgIpc) is 2.46. The van der Waals surface area contributed by atoms with Crippen molar-refractivity contribution in [2.75, 3.05) is 14.2 Å². The molecular weight excluding hydrogens is 280 g/mol. The molecule has 8 nitrogen and oxygen atoms in total. The zero-order valence-corrected chi connectivity index (χ0v) is 11.9. The number of ether oxygens (including phenoxy) is 2. The highest BCUT2D eigenvalue weighted by Gasteiger charge is 2.35. The van der Waals surface area contributed by atoms with Gasteiger partial charge in [0.25, 0.3) is 5.69 Å². The van der Waals surface area contributed by atoms with Gasteiger partial charge in [0.15, 0.2) is 6.04 Å². The quantitative estimate of drug-likeness (QED) is 0.476. The van der Waals surface area contributed by atoms with E-state index in [-0.39, 0.29) is 11.3 Å². The number of nitro benzene ring substituents is 1. The molecule has 2 unspecified atom stereocenters. The van der Waals surface area contributed by atoms with Crippen LogP contribution >= 0.6 is 0 Å². The summed E-state index contributed by atoms with van der Waals surface area (Å²) in [5.74, 6) is -1.23. The van der Waals surface area contributed by atoms with Crippen LogP contribution in [0.3, 0.4) is 0 Å². The SMILES string of the molecule is COC(=O)C(NC(C)=O)C(OC)c1ccccc1[N+](=O)[O-]. The molecule has 0 radical (unpaired) electrons. The van der Waals surface area contributed by atoms with Crippen molar-refractivity contribution < 1.29 is 24.0 Å². The lowest BCUT2D eigenvalue weighted by Gasteiger charge is -2.24. The number of benzene rings is 1. The molecule has 1 rings (SSSR count). The molecule has 2 atom stereocenters. The Morgan fingerprint density at radius 2 is 1.90 bits per heavy atom. The van der Waals surface area contributed by atoms with Crippen LogP contribution in [0, 0.1) is 10.1 Å². The Morgan fingerprint density at radius 3 is 2.38 bits per heavy atom. The number of carbonyl (C=O) groups is 2. The van der Waals surface area contributed by atoms with Gasteiger partial charge in [0, 0.05) is 20.1 Å². The monoisotopic (exact) mass is 296 g/mol. The molecule has 0 saturated carbocycles. The van der Waals surface area contributed by atoms with E-state index in [4.69, 9.17) is 4.74 Å². The van der Waals surface area contributed by atoms with Crippen LogP contribution < -0.4 is 5.32 Å². The molecule has 0 spiro atoms. The Morgan fingerprint density at radius 1 is 1.29 bits per heavy atom. The van der Waals surface area contributed by atoms with Gasteiger partial charge in [-0.3, -0.25) is 14.9 Å². The maximum absolute atomic E-state index is 11.8. The summed E-state index contributed by atoms with van der Waals surface area (Å²) in [6, 6.07) is 4.66. The summed E-state index contributed by atoms with van der Waals surface area (Å²) in [7, 11) is 2.45. The van der Waals surface area contributed by atoms with E-state index in [1.807, 2.05) is 0 Å². The third-order valence-electron chi connectivity index (χ3n) is 2.81. The van der Waals surface area contributed by atoms with Crippen molar-refractivity contribution >= 4 is 17.6 Å². The highest BCUT2D eigenvalue weighted by atomic mass is 16.6. The van der Waals surface area contributed by atoms with E-state index in [2.05, 4.69) is 10.1 Å². The molecule has 8 heteroatoms. The number of amides is 1. The molecule has 0 saturated heterocycles. The normalized spacial score (nSPS) is 13.1. The molecular formula is C13H16N2O6. The van der Waals surface area contributed by atoms with Gasteiger partial charge in [0.2, 0.25) is 5.91 Å². The number of rotatable bonds is 6. The zero-order chi connectivity index (χ0) is 16.0. The minimum atomic E-state index is -1.18. The van der Waals surface area contributed by atoms with Crippen LogP contribution in [0.25, 0.3) is 0 Å². The summed E-state index contributed by atoms with van der Waals surface area (Å²) in [4.78, 5) is 33.5. The molecule has 21 heavy (non-hydrogen) atoms. The van der Waals surface area contributed by atoms with Crippen LogP contribution in [0.4, 0.5) is 5.69 Å². The Kier molecular flexibility index (Phi) is 5.79. The topological polar surface area (TPSA) is 108 Å². The van der Waals surface area contributed by atoms with E-state index in [0.29, 0.717) is 0 Å². The first-order chi connectivity index (χ1) is 9.92. The summed E-state index contributed by atoms with van der Waals surface area (Å²) >= 11 is 0. The fourth-order valence-electron chi connectivity index (χ4n) is 1.94. The maximum atomic E-state index is 11.8. The number of hydrogen-bond donors (Lipinski definition) is 1. The van der Waals surface area contributed by atoms with Crippen LogP contribution in [0.2, 0.25) is 0 Å². The molecule has 0 heterocycles. The lowest BCUT2D eigenvalue weighted by molar-refractivity contribution is -0.386. The molecule has 1 N–H and O–H groups in total. The lowest BCUT2D eigenvalue weighted by atomic mass is 10.00. The number of para-hydroxylation sites is 1. The fraction of sp³-hybridized carbons (Fsp3) is 0.385. The fourth-order valence-corrected chi connectivity index (χ4v) is 1.94. The van der Waals surface area contributed by atoms with Gasteiger partial charge in [-0.15, -0.1) is 0 Å². The van der Waals surface area contributed by atoms with Gasteiger partial charge in [-0.25, -0.2) is 4.79 Å². The third-order valence-corrected chi connectivity index (χ3v) is 2.81. The molecule has 0 aliphatic carbocycles. The van der Waals surface area contributed by atoms with E-state index < -0.39 is 28.9 Å². The predicted molar refractivity (Wildman–Crippen MR) is 72.5 cm³/mol. The second-order valence-corrected chi connectivity index (χ2v) is 4.17. The van der Waals surface area contributed by atoms with E-state index >= 15 is 0 Å². The van der Waals surface area contributed by atoms with E-state index in [1.165, 1.54) is 32.2 Å². The largest absolute Gasteiger partial charge is 0.467 e. The van der Waals surface area contributed by atoms with E-state index in [1.54, 1.807) is 6.07 Å². The summed E-state index contributed by atoms with van der Waals surface area (Å²) in [6.07, 6.45) is -1.04. The number of nitrogens with one attached hydrogen (secondary N) is 1. The predicted octanol–water partition coefficient (Wildman–Crippen LogP) is 0.960. The summed E-state index contributed by atoms with van der Waals surface area (Å²) in [6.45, 7) is 1.22. The zero-order valence-electron chi connectivity index (χ0n) is 11.9. The second kappa shape index (κ2) is 7.34. The number of hydrogen-bond acceptors (Lipinski definition) is 6. The lowest BCUT2D eigenvalue weighted by Crippen LogP contribution is -2.45. The third kappa shape index (κ3) is 3.99. The van der Waals surface area contributed by atoms with Crippen molar-refractivity contribution in [2.45, 2.75) is 19.1 Å². The molecule has 1 amide bonds. The van der Waals surface area contributed by atoms with Crippen molar-refractivity contribution in [2.24, 2.45) is 0 Å². The smallest absolute Gasteiger partial charge is 0.331 e. The Hall–Kier alpha value is -2.48. The van der Waals surface area contributed by atoms with Gasteiger partial charge < -0.3 is 14.8 Å². The van der Waals surface area contributed by atoms with Crippen molar-refractivity contribution in [3.8, 4) is 0 Å². The molecule has 1 aromatic carbocycles. The standard InChI is InChI=1S/C13H16N2O6/c1-8(16)14-11(13(17)21-3)12(20-2)9-6-4-5-7-10(9)15(18)19/h4-7,11-12H,1-3H3,(H,14,16). The van der Waals surface area contributed by atoms with Crippen molar-refractivity contribution in [1.82, 2.24) is 5.32 Å². The van der Waals surface area contributed by atoms with Gasteiger partial charge >= 0.3 is 5.97 Å². The molecule has 0 bridgehead atoms. The van der Waals surface area contributed by atoms with Crippen LogP contribution in [0.15, 0.2) is 24.3 Å². The minimum absolute atomic E-state index is 0.175. The molecule has 0 fully saturated rings. The first-order valence-corrected chi connectivity index (χ1v) is 6.03. The maximum Gasteiger partial charge on any atom is 0.331 e. The second-order valence-electron chi connectivity index (χ2n) is 4.17. The first kappa shape index (κ1) is 16.6. The summed E-state index contributed by atoms with van der Waals surface area (Å²) < 4.78 is 9.81. The number of carbonyl (C=O) groups excluding carboxylic acids is 2. The van der Waals surface area contributed by atoms with Gasteiger partial charge in [-0.05, 0) is 6.07 Å². The van der Waals surface area contributed by atoms with Gasteiger partial charge in [-0.2, -0.15) is 0 Å². The van der Waals surface area contributed by atoms with Crippen LogP contribution in [-0.4, -0.2) is 37.1 Å². The molecule has 1 aromatic rings. The highest BCUT2D eigenvalue weighted by Crippen LogP contribution is 2.29. The number of esters is 1. The van der Waals surface area contributed by atoms with Crippen LogP contribution in [0.5, 0.6) is 0 Å². The number of nitrogens with zero attached hydrogens (tertiary/aromatic N) is 1. The van der Waals surface area contributed by atoms with E-state index in [9.17, 15) is 19.7 Å². The Bertz CT molecular complexity index is 545. The molecule has 114 valence electrons. The Labute approximate surface area is 121 Å². The first-order valence-electron chi connectivity index (χ1n) is 6.03. The highest BCUT2D eigenvalue weighted by molar-refractivity contribution is 5.84. The molecule has 0 aliphatic heterocycles. The van der Waals surface area contributed by atoms with Gasteiger partial charge in [0.05, 0.1) is 17.6 Å². The minimum Gasteiger partial charge on any atom is -0.467 e. The van der Waals surface area contributed by atoms with Crippen molar-refractivity contribution in [3.05, 3.63) is 39.9 Å². The number of methoxy groups -OCH3 is 2. The van der Waals surface area contributed by atoms with E-state index in [0.717, 1.165) is 7.11 Å². The van der Waals surface area contributed by atoms with Crippen molar-refractivity contribution in [3.63, 3.8) is 0 Å². The summed E-state index contributed by atoms with van der Waals surface area (Å²) in [5, 5.41) is 13.5. The molecule has 0 aliphatic rings. The Balaban J connectivity index is 3.28.